The number of rotatable bonds is 2. The van der Waals surface area contributed by atoms with Gasteiger partial charge in [-0.2, -0.15) is 5.10 Å². The molecule has 0 atom stereocenters. The second-order valence-corrected chi connectivity index (χ2v) is 3.39. The normalized spacial score (nSPS) is 17.4. The van der Waals surface area contributed by atoms with E-state index >= 15 is 0 Å². The van der Waals surface area contributed by atoms with Crippen LogP contribution in [0.4, 0.5) is 0 Å². The molecule has 1 fully saturated rings. The van der Waals surface area contributed by atoms with Gasteiger partial charge >= 0.3 is 0 Å². The summed E-state index contributed by atoms with van der Waals surface area (Å²) in [5.41, 5.74) is 1.70. The van der Waals surface area contributed by atoms with Crippen molar-refractivity contribution in [2.45, 2.75) is 32.1 Å². The Bertz CT molecular complexity index is 299. The molecule has 0 saturated heterocycles. The Morgan fingerprint density at radius 3 is 2.83 bits per heavy atom. The lowest BCUT2D eigenvalue weighted by atomic mass is 9.83. The average molecular weight is 164 g/mol. The Kier molecular flexibility index (Phi) is 1.71. The van der Waals surface area contributed by atoms with Gasteiger partial charge in [0.15, 0.2) is 5.78 Å². The lowest BCUT2D eigenvalue weighted by molar-refractivity contribution is 0.101. The molecule has 0 aliphatic heterocycles. The maximum absolute atomic E-state index is 10.9. The number of H-pyrrole nitrogens is 1. The van der Waals surface area contributed by atoms with Crippen LogP contribution < -0.4 is 0 Å². The summed E-state index contributed by atoms with van der Waals surface area (Å²) in [5.74, 6) is 0.669. The highest BCUT2D eigenvalue weighted by Crippen LogP contribution is 2.35. The summed E-state index contributed by atoms with van der Waals surface area (Å²) in [5, 5.41) is 6.86. The van der Waals surface area contributed by atoms with Crippen LogP contribution in [0.15, 0.2) is 6.07 Å². The van der Waals surface area contributed by atoms with Crippen molar-refractivity contribution in [3.05, 3.63) is 17.5 Å². The van der Waals surface area contributed by atoms with Gasteiger partial charge in [-0.25, -0.2) is 0 Å². The molecule has 1 N–H and O–H groups in total. The molecule has 1 aromatic rings. The van der Waals surface area contributed by atoms with Crippen molar-refractivity contribution in [1.82, 2.24) is 10.2 Å². The summed E-state index contributed by atoms with van der Waals surface area (Å²) in [7, 11) is 0. The van der Waals surface area contributed by atoms with E-state index in [1.807, 2.05) is 6.07 Å². The van der Waals surface area contributed by atoms with E-state index in [2.05, 4.69) is 10.2 Å². The second kappa shape index (κ2) is 2.73. The Morgan fingerprint density at radius 1 is 1.67 bits per heavy atom. The minimum Gasteiger partial charge on any atom is -0.293 e. The number of aromatic nitrogens is 2. The van der Waals surface area contributed by atoms with Crippen molar-refractivity contribution >= 4 is 5.78 Å². The fraction of sp³-hybridized carbons (Fsp3) is 0.556. The standard InChI is InChI=1S/C9H12N2O/c1-6(12)8-5-9(11-10-8)7-3-2-4-7/h5,7H,2-4H2,1H3,(H,10,11). The predicted molar refractivity (Wildman–Crippen MR) is 45.2 cm³/mol. The molecule has 64 valence electrons. The number of nitrogens with zero attached hydrogens (tertiary/aromatic N) is 1. The number of aromatic amines is 1. The first-order valence-corrected chi connectivity index (χ1v) is 4.33. The van der Waals surface area contributed by atoms with E-state index < -0.39 is 0 Å². The van der Waals surface area contributed by atoms with Gasteiger partial charge < -0.3 is 0 Å². The molecule has 0 bridgehead atoms. The summed E-state index contributed by atoms with van der Waals surface area (Å²) in [6, 6.07) is 1.88. The van der Waals surface area contributed by atoms with Gasteiger partial charge in [0.05, 0.1) is 0 Å². The highest BCUT2D eigenvalue weighted by atomic mass is 16.1. The molecule has 0 spiro atoms. The molecule has 1 saturated carbocycles. The Hall–Kier alpha value is -1.12. The molecule has 1 aromatic heterocycles. The first-order valence-electron chi connectivity index (χ1n) is 4.33. The minimum atomic E-state index is 0.0387. The number of carbonyl (C=O) groups is 1. The fourth-order valence-electron chi connectivity index (χ4n) is 1.45. The van der Waals surface area contributed by atoms with E-state index in [4.69, 9.17) is 0 Å². The topological polar surface area (TPSA) is 45.8 Å². The maximum Gasteiger partial charge on any atom is 0.179 e. The molecule has 0 radical (unpaired) electrons. The van der Waals surface area contributed by atoms with Crippen molar-refractivity contribution < 1.29 is 4.79 Å². The minimum absolute atomic E-state index is 0.0387. The lowest BCUT2D eigenvalue weighted by Crippen LogP contribution is -2.08. The summed E-state index contributed by atoms with van der Waals surface area (Å²) in [6.45, 7) is 1.54. The third-order valence-electron chi connectivity index (χ3n) is 2.50. The summed E-state index contributed by atoms with van der Waals surface area (Å²) in [6.07, 6.45) is 3.78. The fourth-order valence-corrected chi connectivity index (χ4v) is 1.45. The first kappa shape index (κ1) is 7.53. The van der Waals surface area contributed by atoms with Gasteiger partial charge in [-0.15, -0.1) is 0 Å². The van der Waals surface area contributed by atoms with Crippen LogP contribution in [-0.4, -0.2) is 16.0 Å². The Labute approximate surface area is 71.2 Å². The zero-order chi connectivity index (χ0) is 8.55. The molecule has 1 aliphatic carbocycles. The van der Waals surface area contributed by atoms with E-state index in [1.165, 1.54) is 19.3 Å². The highest BCUT2D eigenvalue weighted by Gasteiger charge is 2.21. The molecular weight excluding hydrogens is 152 g/mol. The van der Waals surface area contributed by atoms with Crippen molar-refractivity contribution in [1.29, 1.82) is 0 Å². The second-order valence-electron chi connectivity index (χ2n) is 3.39. The van der Waals surface area contributed by atoms with E-state index in [0.29, 0.717) is 11.6 Å². The number of ketones is 1. The van der Waals surface area contributed by atoms with E-state index in [-0.39, 0.29) is 5.78 Å². The van der Waals surface area contributed by atoms with Gasteiger partial charge in [-0.05, 0) is 18.9 Å². The van der Waals surface area contributed by atoms with Crippen LogP contribution in [0.3, 0.4) is 0 Å². The third-order valence-corrected chi connectivity index (χ3v) is 2.50. The van der Waals surface area contributed by atoms with Crippen molar-refractivity contribution in [2.24, 2.45) is 0 Å². The van der Waals surface area contributed by atoms with Gasteiger partial charge in [0.2, 0.25) is 0 Å². The van der Waals surface area contributed by atoms with Crippen molar-refractivity contribution in [3.63, 3.8) is 0 Å². The Balaban J connectivity index is 2.17. The van der Waals surface area contributed by atoms with Crippen LogP contribution in [0.1, 0.15) is 48.3 Å². The molecule has 0 unspecified atom stereocenters. The maximum atomic E-state index is 10.9. The van der Waals surface area contributed by atoms with Gasteiger partial charge in [0, 0.05) is 18.5 Å². The summed E-state index contributed by atoms with van der Waals surface area (Å²) >= 11 is 0. The first-order chi connectivity index (χ1) is 5.77. The van der Waals surface area contributed by atoms with Gasteiger partial charge in [0.25, 0.3) is 0 Å². The lowest BCUT2D eigenvalue weighted by Gasteiger charge is -2.23. The van der Waals surface area contributed by atoms with E-state index in [0.717, 1.165) is 5.69 Å². The quantitative estimate of drug-likeness (QED) is 0.678. The molecular formula is C9H12N2O. The smallest absolute Gasteiger partial charge is 0.179 e. The number of carbonyl (C=O) groups excluding carboxylic acids is 1. The number of hydrogen-bond donors (Lipinski definition) is 1. The number of Topliss-reactive ketones (excluding diaryl/α,β-unsaturated/α-hetero) is 1. The van der Waals surface area contributed by atoms with Gasteiger partial charge in [-0.1, -0.05) is 6.42 Å². The van der Waals surface area contributed by atoms with Crippen LogP contribution in [0.2, 0.25) is 0 Å². The molecule has 1 heterocycles. The summed E-state index contributed by atoms with van der Waals surface area (Å²) < 4.78 is 0. The van der Waals surface area contributed by atoms with Crippen LogP contribution in [0, 0.1) is 0 Å². The third kappa shape index (κ3) is 1.15. The highest BCUT2D eigenvalue weighted by molar-refractivity contribution is 5.92. The van der Waals surface area contributed by atoms with Crippen LogP contribution in [0.5, 0.6) is 0 Å². The van der Waals surface area contributed by atoms with Crippen LogP contribution >= 0.6 is 0 Å². The molecule has 0 amide bonds. The van der Waals surface area contributed by atoms with Crippen LogP contribution in [0.25, 0.3) is 0 Å². The summed E-state index contributed by atoms with van der Waals surface area (Å²) in [4.78, 5) is 10.9. The zero-order valence-electron chi connectivity index (χ0n) is 7.13. The number of nitrogens with one attached hydrogen (secondary N) is 1. The molecule has 3 nitrogen and oxygen atoms in total. The molecule has 1 aliphatic rings. The Morgan fingerprint density at radius 2 is 2.42 bits per heavy atom. The van der Waals surface area contributed by atoms with Gasteiger partial charge in [0.1, 0.15) is 5.69 Å². The van der Waals surface area contributed by atoms with Crippen molar-refractivity contribution in [2.75, 3.05) is 0 Å². The SMILES string of the molecule is CC(=O)c1cc(C2CCC2)[nH]n1. The van der Waals surface area contributed by atoms with Gasteiger partial charge in [-0.3, -0.25) is 9.89 Å². The van der Waals surface area contributed by atoms with Crippen LogP contribution in [-0.2, 0) is 0 Å². The largest absolute Gasteiger partial charge is 0.293 e. The molecule has 0 aromatic carbocycles. The molecule has 3 heteroatoms. The van der Waals surface area contributed by atoms with Crippen molar-refractivity contribution in [3.8, 4) is 0 Å². The number of hydrogen-bond acceptors (Lipinski definition) is 2. The monoisotopic (exact) mass is 164 g/mol. The van der Waals surface area contributed by atoms with E-state index in [1.54, 1.807) is 6.92 Å². The average Bonchev–Trinajstić information content (AvgIpc) is 2.32. The molecule has 2 rings (SSSR count). The predicted octanol–water partition coefficient (Wildman–Crippen LogP) is 1.88. The van der Waals surface area contributed by atoms with E-state index in [9.17, 15) is 4.79 Å². The molecule has 12 heavy (non-hydrogen) atoms. The zero-order valence-corrected chi connectivity index (χ0v) is 7.13.